The number of aryl methyl sites for hydroxylation is 1. The third-order valence-electron chi connectivity index (χ3n) is 9.84. The molecule has 6 heteroatoms. The Hall–Kier alpha value is -6.53. The quantitative estimate of drug-likeness (QED) is 0.189. The highest BCUT2D eigenvalue weighted by Crippen LogP contribution is 2.45. The van der Waals surface area contributed by atoms with Gasteiger partial charge in [-0.1, -0.05) is 72.8 Å². The summed E-state index contributed by atoms with van der Waals surface area (Å²) in [5.41, 5.74) is 9.11. The first-order chi connectivity index (χ1) is 24.2. The summed E-state index contributed by atoms with van der Waals surface area (Å²) in [5.74, 6) is 2.43. The van der Waals surface area contributed by atoms with Gasteiger partial charge in [0.25, 0.3) is 0 Å². The lowest BCUT2D eigenvalue weighted by Crippen LogP contribution is -2.23. The van der Waals surface area contributed by atoms with Crippen molar-refractivity contribution in [3.63, 3.8) is 0 Å². The van der Waals surface area contributed by atoms with E-state index in [0.29, 0.717) is 6.67 Å². The molecule has 0 bridgehead atoms. The summed E-state index contributed by atoms with van der Waals surface area (Å²) in [6, 6.07) is 53.1. The molecule has 10 rings (SSSR count). The predicted octanol–water partition coefficient (Wildman–Crippen LogP) is 10.9. The molecule has 1 aliphatic rings. The molecule has 0 radical (unpaired) electrons. The van der Waals surface area contributed by atoms with Gasteiger partial charge in [0.15, 0.2) is 0 Å². The number of benzene rings is 6. The number of rotatable bonds is 5. The van der Waals surface area contributed by atoms with E-state index in [2.05, 4.69) is 172 Å². The van der Waals surface area contributed by atoms with E-state index in [9.17, 15) is 0 Å². The highest BCUT2D eigenvalue weighted by Gasteiger charge is 2.28. The first-order valence-corrected chi connectivity index (χ1v) is 16.6. The predicted molar refractivity (Wildman–Crippen MR) is 201 cm³/mol. The van der Waals surface area contributed by atoms with E-state index in [1.165, 1.54) is 33.4 Å². The van der Waals surface area contributed by atoms with E-state index in [1.807, 2.05) is 12.3 Å². The third kappa shape index (κ3) is 4.31. The lowest BCUT2D eigenvalue weighted by molar-refractivity contribution is 0.483. The molecule has 9 aromatic rings. The SMILES string of the molecule is Cn1c2ccccc2c2cnc(-n3c4ccccc4c4ccc(Oc5cccc(N6CN(c7ccccc7)c7ccccc76)c5)cc43)cc21. The average Bonchev–Trinajstić information content (AvgIpc) is 3.80. The largest absolute Gasteiger partial charge is 0.457 e. The minimum Gasteiger partial charge on any atom is -0.457 e. The van der Waals surface area contributed by atoms with Crippen molar-refractivity contribution in [2.24, 2.45) is 7.05 Å². The van der Waals surface area contributed by atoms with Crippen LogP contribution in [-0.2, 0) is 7.05 Å². The van der Waals surface area contributed by atoms with Crippen LogP contribution in [0, 0.1) is 0 Å². The van der Waals surface area contributed by atoms with Crippen molar-refractivity contribution in [3.05, 3.63) is 158 Å². The lowest BCUT2D eigenvalue weighted by atomic mass is 10.1. The van der Waals surface area contributed by atoms with Crippen LogP contribution in [0.5, 0.6) is 11.5 Å². The fourth-order valence-electron chi connectivity index (χ4n) is 7.54. The van der Waals surface area contributed by atoms with Crippen molar-refractivity contribution in [1.82, 2.24) is 14.1 Å². The number of ether oxygens (including phenoxy) is 1. The summed E-state index contributed by atoms with van der Waals surface area (Å²) in [5, 5.41) is 4.70. The zero-order chi connectivity index (χ0) is 32.5. The van der Waals surface area contributed by atoms with Crippen molar-refractivity contribution in [2.45, 2.75) is 0 Å². The molecule has 4 heterocycles. The highest BCUT2D eigenvalue weighted by molar-refractivity contribution is 6.11. The molecule has 1 aliphatic heterocycles. The summed E-state index contributed by atoms with van der Waals surface area (Å²) < 4.78 is 11.1. The Balaban J connectivity index is 1.04. The van der Waals surface area contributed by atoms with Gasteiger partial charge in [-0.3, -0.25) is 4.57 Å². The maximum Gasteiger partial charge on any atom is 0.139 e. The Morgan fingerprint density at radius 3 is 1.94 bits per heavy atom. The standard InChI is InChI=1S/C43H31N5O/c1-45-37-18-7-5-17-34(37)36-27-44-43(26-41(36)45)48-38-19-8-6-16-33(38)35-23-22-32(25-42(35)48)49-31-15-11-14-30(24-31)47-28-46(29-12-3-2-4-13-29)39-20-9-10-21-40(39)47/h2-27H,28H2,1H3. The number of nitrogens with zero attached hydrogens (tertiary/aromatic N) is 5. The smallest absolute Gasteiger partial charge is 0.139 e. The van der Waals surface area contributed by atoms with E-state index in [-0.39, 0.29) is 0 Å². The topological polar surface area (TPSA) is 38.5 Å². The van der Waals surface area contributed by atoms with Gasteiger partial charge >= 0.3 is 0 Å². The van der Waals surface area contributed by atoms with Crippen LogP contribution in [0.15, 0.2) is 158 Å². The van der Waals surface area contributed by atoms with E-state index in [4.69, 9.17) is 9.72 Å². The summed E-state index contributed by atoms with van der Waals surface area (Å²) in [7, 11) is 2.13. The molecule has 0 aliphatic carbocycles. The molecule has 0 saturated heterocycles. The van der Waals surface area contributed by atoms with Crippen LogP contribution in [0.25, 0.3) is 49.4 Å². The molecule has 0 amide bonds. The van der Waals surface area contributed by atoms with E-state index in [0.717, 1.165) is 50.3 Å². The minimum absolute atomic E-state index is 0.715. The lowest BCUT2D eigenvalue weighted by Gasteiger charge is -2.22. The number of pyridine rings is 1. The van der Waals surface area contributed by atoms with E-state index < -0.39 is 0 Å². The maximum absolute atomic E-state index is 6.62. The molecule has 0 spiro atoms. The van der Waals surface area contributed by atoms with Crippen molar-refractivity contribution in [1.29, 1.82) is 0 Å². The van der Waals surface area contributed by atoms with Crippen molar-refractivity contribution in [3.8, 4) is 17.3 Å². The Kier molecular flexibility index (Phi) is 6.05. The monoisotopic (exact) mass is 633 g/mol. The zero-order valence-electron chi connectivity index (χ0n) is 26.9. The van der Waals surface area contributed by atoms with Crippen LogP contribution >= 0.6 is 0 Å². The molecule has 0 unspecified atom stereocenters. The number of aromatic nitrogens is 3. The molecule has 0 saturated carbocycles. The first-order valence-electron chi connectivity index (χ1n) is 16.6. The molecule has 6 aromatic carbocycles. The second kappa shape index (κ2) is 10.8. The molecular weight excluding hydrogens is 603 g/mol. The second-order valence-corrected chi connectivity index (χ2v) is 12.6. The van der Waals surface area contributed by atoms with Crippen LogP contribution in [0.1, 0.15) is 0 Å². The molecule has 0 N–H and O–H groups in total. The minimum atomic E-state index is 0.715. The van der Waals surface area contributed by atoms with Gasteiger partial charge in [-0.25, -0.2) is 4.98 Å². The highest BCUT2D eigenvalue weighted by atomic mass is 16.5. The molecular formula is C43H31N5O. The Morgan fingerprint density at radius 1 is 0.490 bits per heavy atom. The van der Waals surface area contributed by atoms with Crippen LogP contribution in [0.2, 0.25) is 0 Å². The molecule has 0 fully saturated rings. The van der Waals surface area contributed by atoms with Crippen molar-refractivity contribution in [2.75, 3.05) is 16.5 Å². The fourth-order valence-corrected chi connectivity index (χ4v) is 7.54. The van der Waals surface area contributed by atoms with Crippen LogP contribution in [0.3, 0.4) is 0 Å². The van der Waals surface area contributed by atoms with Gasteiger partial charge in [-0.15, -0.1) is 0 Å². The number of hydrogen-bond acceptors (Lipinski definition) is 4. The maximum atomic E-state index is 6.62. The van der Waals surface area contributed by atoms with E-state index in [1.54, 1.807) is 0 Å². The van der Waals surface area contributed by atoms with Crippen molar-refractivity contribution < 1.29 is 4.74 Å². The summed E-state index contributed by atoms with van der Waals surface area (Å²) in [6.07, 6.45) is 2.01. The molecule has 3 aromatic heterocycles. The van der Waals surface area contributed by atoms with Gasteiger partial charge in [0.05, 0.1) is 27.9 Å². The van der Waals surface area contributed by atoms with Crippen LogP contribution < -0.4 is 14.5 Å². The van der Waals surface area contributed by atoms with E-state index >= 15 is 0 Å². The van der Waals surface area contributed by atoms with Crippen LogP contribution in [0.4, 0.5) is 22.7 Å². The van der Waals surface area contributed by atoms with Crippen LogP contribution in [-0.4, -0.2) is 20.8 Å². The first kappa shape index (κ1) is 27.6. The van der Waals surface area contributed by atoms with Gasteiger partial charge in [0.2, 0.25) is 0 Å². The molecule has 0 atom stereocenters. The van der Waals surface area contributed by atoms with Crippen molar-refractivity contribution >= 4 is 66.4 Å². The number of fused-ring (bicyclic) bond motifs is 7. The van der Waals surface area contributed by atoms with Gasteiger partial charge in [-0.05, 0) is 60.7 Å². The molecule has 234 valence electrons. The Labute approximate surface area is 283 Å². The van der Waals surface area contributed by atoms with Gasteiger partial charge < -0.3 is 19.1 Å². The number of anilines is 4. The summed E-state index contributed by atoms with van der Waals surface area (Å²) in [6.45, 7) is 0.715. The van der Waals surface area contributed by atoms with Gasteiger partial charge in [-0.2, -0.15) is 0 Å². The zero-order valence-corrected chi connectivity index (χ0v) is 26.9. The summed E-state index contributed by atoms with van der Waals surface area (Å²) >= 11 is 0. The molecule has 6 nitrogen and oxygen atoms in total. The average molecular weight is 634 g/mol. The molecule has 49 heavy (non-hydrogen) atoms. The third-order valence-corrected chi connectivity index (χ3v) is 9.84. The Bertz CT molecular complexity index is 2710. The number of hydrogen-bond donors (Lipinski definition) is 0. The van der Waals surface area contributed by atoms with Gasteiger partial charge in [0, 0.05) is 69.9 Å². The fraction of sp³-hybridized carbons (Fsp3) is 0.0465. The normalized spacial score (nSPS) is 12.8. The second-order valence-electron chi connectivity index (χ2n) is 12.6. The Morgan fingerprint density at radius 2 is 1.12 bits per heavy atom. The number of para-hydroxylation sites is 5. The summed E-state index contributed by atoms with van der Waals surface area (Å²) in [4.78, 5) is 9.71. The van der Waals surface area contributed by atoms with Gasteiger partial charge in [0.1, 0.15) is 24.0 Å².